The number of rotatable bonds is 2. The maximum atomic E-state index is 11.8. The van der Waals surface area contributed by atoms with Gasteiger partial charge < -0.3 is 11.1 Å². The Bertz CT molecular complexity index is 463. The van der Waals surface area contributed by atoms with Gasteiger partial charge in [0.1, 0.15) is 0 Å². The predicted octanol–water partition coefficient (Wildman–Crippen LogP) is 2.00. The lowest BCUT2D eigenvalue weighted by molar-refractivity contribution is -0.118. The van der Waals surface area contributed by atoms with Crippen LogP contribution in [0, 0.1) is 0 Å². The van der Waals surface area contributed by atoms with E-state index < -0.39 is 5.54 Å². The van der Waals surface area contributed by atoms with Gasteiger partial charge in [-0.2, -0.15) is 0 Å². The summed E-state index contributed by atoms with van der Waals surface area (Å²) >= 11 is 0. The Labute approximate surface area is 101 Å². The minimum absolute atomic E-state index is 0.0340. The van der Waals surface area contributed by atoms with Crippen molar-refractivity contribution in [2.45, 2.75) is 44.1 Å². The summed E-state index contributed by atoms with van der Waals surface area (Å²) in [5, 5.41) is 2.93. The summed E-state index contributed by atoms with van der Waals surface area (Å²) in [5.74, 6) is -0.0340. The van der Waals surface area contributed by atoms with Gasteiger partial charge in [0.2, 0.25) is 5.91 Å². The summed E-state index contributed by atoms with van der Waals surface area (Å²) in [6, 6.07) is 6.24. The van der Waals surface area contributed by atoms with Gasteiger partial charge in [-0.25, -0.2) is 0 Å². The number of benzene rings is 1. The molecule has 1 fully saturated rings. The molecule has 0 unspecified atom stereocenters. The van der Waals surface area contributed by atoms with Crippen molar-refractivity contribution in [3.8, 4) is 0 Å². The number of hydrogen-bond donors (Lipinski definition) is 2. The monoisotopic (exact) mass is 230 g/mol. The first-order valence-corrected chi connectivity index (χ1v) is 6.40. The normalized spacial score (nSPS) is 20.5. The highest BCUT2D eigenvalue weighted by molar-refractivity contribution is 6.00. The molecule has 3 nitrogen and oxygen atoms in total. The van der Waals surface area contributed by atoms with Crippen LogP contribution >= 0.6 is 0 Å². The van der Waals surface area contributed by atoms with E-state index in [2.05, 4.69) is 17.4 Å². The zero-order chi connectivity index (χ0) is 11.9. The molecule has 1 saturated carbocycles. The Morgan fingerprint density at radius 1 is 1.18 bits per heavy atom. The molecule has 1 amide bonds. The number of aryl methyl sites for hydroxylation is 2. The van der Waals surface area contributed by atoms with Crippen LogP contribution in [0.2, 0.25) is 0 Å². The van der Waals surface area contributed by atoms with Crippen LogP contribution < -0.4 is 11.1 Å². The summed E-state index contributed by atoms with van der Waals surface area (Å²) in [5.41, 5.74) is 8.99. The number of fused-ring (bicyclic) bond motifs is 1. The van der Waals surface area contributed by atoms with Crippen molar-refractivity contribution in [2.75, 3.05) is 5.32 Å². The van der Waals surface area contributed by atoms with E-state index in [1.807, 2.05) is 6.07 Å². The molecule has 0 radical (unpaired) electrons. The van der Waals surface area contributed by atoms with Crippen molar-refractivity contribution in [1.82, 2.24) is 0 Å². The summed E-state index contributed by atoms with van der Waals surface area (Å²) in [6.45, 7) is 0. The fourth-order valence-corrected chi connectivity index (χ4v) is 2.43. The maximum Gasteiger partial charge on any atom is 0.244 e. The Balaban J connectivity index is 1.77. The molecular weight excluding hydrogens is 212 g/mol. The Morgan fingerprint density at radius 2 is 1.88 bits per heavy atom. The van der Waals surface area contributed by atoms with Gasteiger partial charge in [-0.3, -0.25) is 4.79 Å². The van der Waals surface area contributed by atoms with Crippen LogP contribution in [0.25, 0.3) is 0 Å². The number of nitrogens with one attached hydrogen (secondary N) is 1. The third-order valence-electron chi connectivity index (χ3n) is 3.85. The number of carbonyl (C=O) groups excluding carboxylic acids is 1. The van der Waals surface area contributed by atoms with E-state index in [4.69, 9.17) is 5.73 Å². The Morgan fingerprint density at radius 3 is 2.59 bits per heavy atom. The molecule has 1 aromatic carbocycles. The summed E-state index contributed by atoms with van der Waals surface area (Å²) < 4.78 is 0. The largest absolute Gasteiger partial charge is 0.324 e. The SMILES string of the molecule is NC1(C(=O)Nc2ccc3c(c2)CCCC3)CC1. The van der Waals surface area contributed by atoms with E-state index in [0.29, 0.717) is 0 Å². The van der Waals surface area contributed by atoms with Crippen LogP contribution in [0.3, 0.4) is 0 Å². The Kier molecular flexibility index (Phi) is 2.44. The average molecular weight is 230 g/mol. The molecule has 0 aromatic heterocycles. The highest BCUT2D eigenvalue weighted by Crippen LogP contribution is 2.33. The van der Waals surface area contributed by atoms with E-state index in [0.717, 1.165) is 24.9 Å². The second kappa shape index (κ2) is 3.84. The van der Waals surface area contributed by atoms with Gasteiger partial charge in [-0.15, -0.1) is 0 Å². The van der Waals surface area contributed by atoms with Gasteiger partial charge in [-0.1, -0.05) is 6.07 Å². The van der Waals surface area contributed by atoms with Crippen LogP contribution in [0.4, 0.5) is 5.69 Å². The molecular formula is C14H18N2O. The second-order valence-corrected chi connectivity index (χ2v) is 5.30. The maximum absolute atomic E-state index is 11.8. The highest BCUT2D eigenvalue weighted by Gasteiger charge is 2.45. The van der Waals surface area contributed by atoms with Crippen LogP contribution in [0.15, 0.2) is 18.2 Å². The topological polar surface area (TPSA) is 55.1 Å². The zero-order valence-corrected chi connectivity index (χ0v) is 9.96. The molecule has 90 valence electrons. The summed E-state index contributed by atoms with van der Waals surface area (Å²) in [4.78, 5) is 11.8. The smallest absolute Gasteiger partial charge is 0.244 e. The van der Waals surface area contributed by atoms with Crippen LogP contribution in [0.1, 0.15) is 36.8 Å². The molecule has 2 aliphatic carbocycles. The van der Waals surface area contributed by atoms with Gasteiger partial charge in [0.25, 0.3) is 0 Å². The molecule has 1 aromatic rings. The molecule has 3 rings (SSSR count). The first kappa shape index (κ1) is 10.8. The molecule has 0 aliphatic heterocycles. The van der Waals surface area contributed by atoms with E-state index in [1.54, 1.807) is 0 Å². The number of anilines is 1. The predicted molar refractivity (Wildman–Crippen MR) is 67.9 cm³/mol. The fraction of sp³-hybridized carbons (Fsp3) is 0.500. The third-order valence-corrected chi connectivity index (χ3v) is 3.85. The van der Waals surface area contributed by atoms with Crippen molar-refractivity contribution in [1.29, 1.82) is 0 Å². The Hall–Kier alpha value is -1.35. The average Bonchev–Trinajstić information content (AvgIpc) is 3.09. The van der Waals surface area contributed by atoms with Crippen molar-refractivity contribution in [3.05, 3.63) is 29.3 Å². The van der Waals surface area contributed by atoms with Gasteiger partial charge in [-0.05, 0) is 61.8 Å². The highest BCUT2D eigenvalue weighted by atomic mass is 16.2. The van der Waals surface area contributed by atoms with E-state index in [-0.39, 0.29) is 5.91 Å². The first-order chi connectivity index (χ1) is 8.17. The quantitative estimate of drug-likeness (QED) is 0.816. The molecule has 0 spiro atoms. The lowest BCUT2D eigenvalue weighted by Crippen LogP contribution is -2.37. The van der Waals surface area contributed by atoms with Gasteiger partial charge in [0.15, 0.2) is 0 Å². The lowest BCUT2D eigenvalue weighted by atomic mass is 9.91. The van der Waals surface area contributed by atoms with Gasteiger partial charge >= 0.3 is 0 Å². The fourth-order valence-electron chi connectivity index (χ4n) is 2.43. The molecule has 2 aliphatic rings. The number of amides is 1. The molecule has 3 N–H and O–H groups in total. The number of hydrogen-bond acceptors (Lipinski definition) is 2. The number of nitrogens with two attached hydrogens (primary N) is 1. The summed E-state index contributed by atoms with van der Waals surface area (Å²) in [7, 11) is 0. The van der Waals surface area contributed by atoms with E-state index in [1.165, 1.54) is 30.4 Å². The standard InChI is InChI=1S/C14H18N2O/c15-14(7-8-14)13(17)16-12-6-5-10-3-1-2-4-11(10)9-12/h5-6,9H,1-4,7-8,15H2,(H,16,17). The molecule has 17 heavy (non-hydrogen) atoms. The second-order valence-electron chi connectivity index (χ2n) is 5.30. The number of carbonyl (C=O) groups is 1. The van der Waals surface area contributed by atoms with Crippen LogP contribution in [-0.2, 0) is 17.6 Å². The minimum Gasteiger partial charge on any atom is -0.324 e. The molecule has 0 saturated heterocycles. The third kappa shape index (κ3) is 2.07. The van der Waals surface area contributed by atoms with Crippen LogP contribution in [-0.4, -0.2) is 11.4 Å². The molecule has 0 heterocycles. The van der Waals surface area contributed by atoms with E-state index in [9.17, 15) is 4.79 Å². The molecule has 0 atom stereocenters. The summed E-state index contributed by atoms with van der Waals surface area (Å²) in [6.07, 6.45) is 6.46. The minimum atomic E-state index is -0.587. The van der Waals surface area contributed by atoms with Crippen molar-refractivity contribution < 1.29 is 4.79 Å². The van der Waals surface area contributed by atoms with Crippen molar-refractivity contribution in [2.24, 2.45) is 5.73 Å². The molecule has 0 bridgehead atoms. The van der Waals surface area contributed by atoms with E-state index >= 15 is 0 Å². The first-order valence-electron chi connectivity index (χ1n) is 6.40. The van der Waals surface area contributed by atoms with Gasteiger partial charge in [0, 0.05) is 5.69 Å². The lowest BCUT2D eigenvalue weighted by Gasteiger charge is -2.17. The molecule has 3 heteroatoms. The van der Waals surface area contributed by atoms with Crippen molar-refractivity contribution >= 4 is 11.6 Å². The van der Waals surface area contributed by atoms with Crippen LogP contribution in [0.5, 0.6) is 0 Å². The zero-order valence-electron chi connectivity index (χ0n) is 9.96. The van der Waals surface area contributed by atoms with Gasteiger partial charge in [0.05, 0.1) is 5.54 Å². The van der Waals surface area contributed by atoms with Crippen molar-refractivity contribution in [3.63, 3.8) is 0 Å².